The average Bonchev–Trinajstić information content (AvgIpc) is 2.56. The first-order chi connectivity index (χ1) is 11.5. The summed E-state index contributed by atoms with van der Waals surface area (Å²) in [5.74, 6) is 1.49. The number of anilines is 1. The number of hydrogen-bond acceptors (Lipinski definition) is 4. The topological polar surface area (TPSA) is 75.5 Å². The number of carbonyl (C=O) groups is 1. The zero-order valence-electron chi connectivity index (χ0n) is 14.2. The standard InChI is InChI=1S/C18H25N3O3/c1-13-6-7-16(21(23)24)10-17(13)19-18(22)12-20-9-8-14-4-2-3-5-15(14)11-20/h6-7,10,14-15H,2-5,8-9,11-12H2,1H3,(H,19,22)/t14-,15-/m1/s1. The van der Waals surface area contributed by atoms with Crippen molar-refractivity contribution in [1.29, 1.82) is 0 Å². The van der Waals surface area contributed by atoms with Gasteiger partial charge in [-0.3, -0.25) is 19.8 Å². The third-order valence-electron chi connectivity index (χ3n) is 5.45. The summed E-state index contributed by atoms with van der Waals surface area (Å²) >= 11 is 0. The molecule has 24 heavy (non-hydrogen) atoms. The fraction of sp³-hybridized carbons (Fsp3) is 0.611. The molecule has 6 heteroatoms. The van der Waals surface area contributed by atoms with Crippen molar-refractivity contribution in [1.82, 2.24) is 4.90 Å². The van der Waals surface area contributed by atoms with E-state index in [1.54, 1.807) is 6.07 Å². The molecular weight excluding hydrogens is 306 g/mol. The number of non-ortho nitro benzene ring substituents is 1. The minimum absolute atomic E-state index is 0.00100. The van der Waals surface area contributed by atoms with Gasteiger partial charge in [0.05, 0.1) is 17.2 Å². The highest BCUT2D eigenvalue weighted by molar-refractivity contribution is 5.93. The smallest absolute Gasteiger partial charge is 0.271 e. The molecule has 2 aliphatic rings. The predicted octanol–water partition coefficient (Wildman–Crippen LogP) is 3.35. The molecule has 130 valence electrons. The molecule has 1 aliphatic heterocycles. The van der Waals surface area contributed by atoms with Gasteiger partial charge in [-0.25, -0.2) is 0 Å². The predicted molar refractivity (Wildman–Crippen MR) is 93.0 cm³/mol. The van der Waals surface area contributed by atoms with E-state index >= 15 is 0 Å². The Morgan fingerprint density at radius 2 is 2.04 bits per heavy atom. The molecule has 1 aromatic carbocycles. The Labute approximate surface area is 142 Å². The second-order valence-electron chi connectivity index (χ2n) is 7.13. The number of nitrogens with one attached hydrogen (secondary N) is 1. The van der Waals surface area contributed by atoms with Crippen molar-refractivity contribution < 1.29 is 9.72 Å². The molecule has 1 amide bonds. The van der Waals surface area contributed by atoms with Crippen LogP contribution in [0.25, 0.3) is 0 Å². The van der Waals surface area contributed by atoms with E-state index in [1.807, 2.05) is 6.92 Å². The Kier molecular flexibility index (Phi) is 5.14. The number of fused-ring (bicyclic) bond motifs is 1. The molecule has 1 saturated carbocycles. The van der Waals surface area contributed by atoms with Crippen LogP contribution < -0.4 is 5.32 Å². The maximum atomic E-state index is 12.4. The quantitative estimate of drug-likeness (QED) is 0.678. The van der Waals surface area contributed by atoms with Crippen molar-refractivity contribution in [2.75, 3.05) is 25.0 Å². The molecule has 0 unspecified atom stereocenters. The summed E-state index contributed by atoms with van der Waals surface area (Å²) in [7, 11) is 0. The fourth-order valence-electron chi connectivity index (χ4n) is 4.07. The van der Waals surface area contributed by atoms with E-state index < -0.39 is 4.92 Å². The number of likely N-dealkylation sites (tertiary alicyclic amines) is 1. The molecule has 1 heterocycles. The van der Waals surface area contributed by atoms with Crippen molar-refractivity contribution in [3.63, 3.8) is 0 Å². The Hall–Kier alpha value is -1.95. The average molecular weight is 331 g/mol. The third-order valence-corrected chi connectivity index (χ3v) is 5.45. The van der Waals surface area contributed by atoms with Gasteiger partial charge in [-0.1, -0.05) is 25.3 Å². The molecule has 1 aliphatic carbocycles. The SMILES string of the molecule is Cc1ccc([N+](=O)[O-])cc1NC(=O)CN1CC[C@H]2CCCC[C@@H]2C1. The largest absolute Gasteiger partial charge is 0.324 e. The molecule has 2 atom stereocenters. The maximum Gasteiger partial charge on any atom is 0.271 e. The summed E-state index contributed by atoms with van der Waals surface area (Å²) in [6.45, 7) is 4.19. The van der Waals surface area contributed by atoms with Crippen LogP contribution in [0, 0.1) is 28.9 Å². The summed E-state index contributed by atoms with van der Waals surface area (Å²) in [6.07, 6.45) is 6.49. The number of amides is 1. The lowest BCUT2D eigenvalue weighted by atomic mass is 9.75. The van der Waals surface area contributed by atoms with Gasteiger partial charge in [-0.05, 0) is 43.7 Å². The van der Waals surface area contributed by atoms with Crippen LogP contribution in [0.5, 0.6) is 0 Å². The summed E-state index contributed by atoms with van der Waals surface area (Å²) in [6, 6.07) is 4.56. The molecule has 0 aromatic heterocycles. The van der Waals surface area contributed by atoms with Crippen molar-refractivity contribution in [3.05, 3.63) is 33.9 Å². The Balaban J connectivity index is 1.58. The van der Waals surface area contributed by atoms with Crippen LogP contribution in [-0.4, -0.2) is 35.4 Å². The molecule has 2 fully saturated rings. The number of nitrogens with zero attached hydrogens (tertiary/aromatic N) is 2. The van der Waals surface area contributed by atoms with Crippen LogP contribution in [0.4, 0.5) is 11.4 Å². The maximum absolute atomic E-state index is 12.4. The van der Waals surface area contributed by atoms with Crippen LogP contribution >= 0.6 is 0 Å². The molecule has 1 saturated heterocycles. The van der Waals surface area contributed by atoms with Gasteiger partial charge in [-0.15, -0.1) is 0 Å². The van der Waals surface area contributed by atoms with Crippen LogP contribution in [0.15, 0.2) is 18.2 Å². The van der Waals surface area contributed by atoms with E-state index in [-0.39, 0.29) is 11.6 Å². The van der Waals surface area contributed by atoms with Crippen LogP contribution in [0.2, 0.25) is 0 Å². The molecular formula is C18H25N3O3. The van der Waals surface area contributed by atoms with Crippen molar-refractivity contribution in [3.8, 4) is 0 Å². The van der Waals surface area contributed by atoms with Gasteiger partial charge in [0, 0.05) is 18.7 Å². The monoisotopic (exact) mass is 331 g/mol. The van der Waals surface area contributed by atoms with Crippen LogP contribution in [0.3, 0.4) is 0 Å². The highest BCUT2D eigenvalue weighted by Gasteiger charge is 2.31. The summed E-state index contributed by atoms with van der Waals surface area (Å²) < 4.78 is 0. The summed E-state index contributed by atoms with van der Waals surface area (Å²) in [4.78, 5) is 25.0. The second-order valence-corrected chi connectivity index (χ2v) is 7.13. The lowest BCUT2D eigenvalue weighted by Crippen LogP contribution is -2.44. The zero-order valence-corrected chi connectivity index (χ0v) is 14.2. The zero-order chi connectivity index (χ0) is 17.1. The first-order valence-corrected chi connectivity index (χ1v) is 8.80. The number of benzene rings is 1. The normalized spacial score (nSPS) is 24.2. The van der Waals surface area contributed by atoms with Gasteiger partial charge in [0.15, 0.2) is 0 Å². The second kappa shape index (κ2) is 7.30. The molecule has 0 bridgehead atoms. The first-order valence-electron chi connectivity index (χ1n) is 8.80. The summed E-state index contributed by atoms with van der Waals surface area (Å²) in [5.41, 5.74) is 1.36. The van der Waals surface area contributed by atoms with Gasteiger partial charge >= 0.3 is 0 Å². The van der Waals surface area contributed by atoms with Crippen molar-refractivity contribution in [2.45, 2.75) is 39.0 Å². The number of nitro groups is 1. The molecule has 1 N–H and O–H groups in total. The van der Waals surface area contributed by atoms with Gasteiger partial charge in [-0.2, -0.15) is 0 Å². The van der Waals surface area contributed by atoms with Crippen LogP contribution in [-0.2, 0) is 4.79 Å². The number of hydrogen-bond donors (Lipinski definition) is 1. The van der Waals surface area contributed by atoms with Crippen LogP contribution in [0.1, 0.15) is 37.7 Å². The van der Waals surface area contributed by atoms with Crippen molar-refractivity contribution >= 4 is 17.3 Å². The Morgan fingerprint density at radius 3 is 2.79 bits per heavy atom. The van der Waals surface area contributed by atoms with E-state index in [1.165, 1.54) is 44.2 Å². The van der Waals surface area contributed by atoms with Crippen molar-refractivity contribution in [2.24, 2.45) is 11.8 Å². The highest BCUT2D eigenvalue weighted by atomic mass is 16.6. The number of carbonyl (C=O) groups excluding carboxylic acids is 1. The van der Waals surface area contributed by atoms with E-state index in [4.69, 9.17) is 0 Å². The number of nitro benzene ring substituents is 1. The van der Waals surface area contributed by atoms with Gasteiger partial charge in [0.1, 0.15) is 0 Å². The highest BCUT2D eigenvalue weighted by Crippen LogP contribution is 2.35. The fourth-order valence-corrected chi connectivity index (χ4v) is 4.07. The van der Waals surface area contributed by atoms with E-state index in [9.17, 15) is 14.9 Å². The van der Waals surface area contributed by atoms with Gasteiger partial charge in [0.25, 0.3) is 5.69 Å². The molecule has 6 nitrogen and oxygen atoms in total. The molecule has 3 rings (SSSR count). The number of piperidine rings is 1. The number of rotatable bonds is 4. The van der Waals surface area contributed by atoms with E-state index in [2.05, 4.69) is 10.2 Å². The molecule has 0 radical (unpaired) electrons. The van der Waals surface area contributed by atoms with Gasteiger partial charge < -0.3 is 5.32 Å². The minimum atomic E-state index is -0.442. The first kappa shape index (κ1) is 16.9. The number of aryl methyl sites for hydroxylation is 1. The third kappa shape index (κ3) is 3.93. The van der Waals surface area contributed by atoms with E-state index in [0.29, 0.717) is 12.2 Å². The Bertz CT molecular complexity index is 632. The Morgan fingerprint density at radius 1 is 1.29 bits per heavy atom. The lowest BCUT2D eigenvalue weighted by Gasteiger charge is -2.41. The molecule has 0 spiro atoms. The van der Waals surface area contributed by atoms with E-state index in [0.717, 1.165) is 30.5 Å². The summed E-state index contributed by atoms with van der Waals surface area (Å²) in [5, 5.41) is 13.7. The molecule has 1 aromatic rings. The minimum Gasteiger partial charge on any atom is -0.324 e. The van der Waals surface area contributed by atoms with Gasteiger partial charge in [0.2, 0.25) is 5.91 Å². The lowest BCUT2D eigenvalue weighted by molar-refractivity contribution is -0.384.